The van der Waals surface area contributed by atoms with Crippen molar-refractivity contribution in [1.82, 2.24) is 14.6 Å². The number of nitrogens with zero attached hydrogens (tertiary/aromatic N) is 3. The lowest BCUT2D eigenvalue weighted by Gasteiger charge is -2.02. The Kier molecular flexibility index (Phi) is 2.03. The van der Waals surface area contributed by atoms with Gasteiger partial charge in [0.15, 0.2) is 5.65 Å². The molecule has 0 aromatic carbocycles. The lowest BCUT2D eigenvalue weighted by atomic mass is 10.2. The molecule has 0 aliphatic rings. The maximum Gasteiger partial charge on any atom is 0.341 e. The molecular weight excluding hydrogens is 196 g/mol. The number of fused-ring (bicyclic) bond motifs is 1. The zero-order valence-corrected chi connectivity index (χ0v) is 8.39. The Morgan fingerprint density at radius 3 is 2.93 bits per heavy atom. The zero-order chi connectivity index (χ0) is 11.0. The fourth-order valence-electron chi connectivity index (χ4n) is 1.37. The van der Waals surface area contributed by atoms with Crippen LogP contribution >= 0.6 is 0 Å². The first-order valence-corrected chi connectivity index (χ1v) is 4.33. The molecule has 6 heteroatoms. The second-order valence-corrected chi connectivity index (χ2v) is 3.09. The van der Waals surface area contributed by atoms with Gasteiger partial charge in [-0.1, -0.05) is 0 Å². The highest BCUT2D eigenvalue weighted by Gasteiger charge is 2.14. The standard InChI is InChI=1S/C9H10N4O2/c1-5-3-4-6(8(14)15-2)7-11-9(10)12-13(5)7/h3-4H,1-2H3,(H2,10,12). The van der Waals surface area contributed by atoms with Gasteiger partial charge in [0.1, 0.15) is 5.56 Å². The molecule has 0 atom stereocenters. The molecule has 6 nitrogen and oxygen atoms in total. The van der Waals surface area contributed by atoms with Crippen molar-refractivity contribution in [3.8, 4) is 0 Å². The quantitative estimate of drug-likeness (QED) is 0.683. The molecule has 15 heavy (non-hydrogen) atoms. The Morgan fingerprint density at radius 2 is 2.27 bits per heavy atom. The fraction of sp³-hybridized carbons (Fsp3) is 0.222. The number of carbonyl (C=O) groups excluding carboxylic acids is 1. The van der Waals surface area contributed by atoms with Gasteiger partial charge in [-0.2, -0.15) is 4.98 Å². The summed E-state index contributed by atoms with van der Waals surface area (Å²) in [6.45, 7) is 1.85. The van der Waals surface area contributed by atoms with Crippen molar-refractivity contribution in [2.75, 3.05) is 12.8 Å². The number of rotatable bonds is 1. The maximum absolute atomic E-state index is 11.4. The van der Waals surface area contributed by atoms with Crippen LogP contribution in [0.1, 0.15) is 16.1 Å². The Hall–Kier alpha value is -2.11. The molecule has 0 unspecified atom stereocenters. The first kappa shape index (κ1) is 9.45. The van der Waals surface area contributed by atoms with Gasteiger partial charge in [-0.3, -0.25) is 0 Å². The van der Waals surface area contributed by atoms with E-state index in [0.29, 0.717) is 11.2 Å². The number of esters is 1. The second-order valence-electron chi connectivity index (χ2n) is 3.09. The van der Waals surface area contributed by atoms with E-state index in [4.69, 9.17) is 5.73 Å². The molecule has 0 spiro atoms. The van der Waals surface area contributed by atoms with Crippen LogP contribution in [-0.2, 0) is 4.74 Å². The van der Waals surface area contributed by atoms with E-state index in [9.17, 15) is 4.79 Å². The van der Waals surface area contributed by atoms with Crippen LogP contribution in [0, 0.1) is 6.92 Å². The summed E-state index contributed by atoms with van der Waals surface area (Å²) < 4.78 is 6.15. The second kappa shape index (κ2) is 3.23. The van der Waals surface area contributed by atoms with Gasteiger partial charge in [0, 0.05) is 5.69 Å². The maximum atomic E-state index is 11.4. The molecule has 0 bridgehead atoms. The minimum atomic E-state index is -0.451. The van der Waals surface area contributed by atoms with Crippen molar-refractivity contribution in [1.29, 1.82) is 0 Å². The number of nitrogen functional groups attached to an aromatic ring is 1. The molecule has 2 N–H and O–H groups in total. The lowest BCUT2D eigenvalue weighted by molar-refractivity contribution is 0.0602. The first-order chi connectivity index (χ1) is 7.13. The van der Waals surface area contributed by atoms with E-state index in [0.717, 1.165) is 5.69 Å². The van der Waals surface area contributed by atoms with Crippen LogP contribution in [0.3, 0.4) is 0 Å². The number of hydrogen-bond donors (Lipinski definition) is 1. The van der Waals surface area contributed by atoms with Gasteiger partial charge in [0.25, 0.3) is 0 Å². The zero-order valence-electron chi connectivity index (χ0n) is 8.39. The van der Waals surface area contributed by atoms with Crippen LogP contribution in [0.15, 0.2) is 12.1 Å². The molecule has 0 saturated carbocycles. The molecule has 0 radical (unpaired) electrons. The fourth-order valence-corrected chi connectivity index (χ4v) is 1.37. The molecule has 0 aliphatic carbocycles. The number of carbonyl (C=O) groups is 1. The van der Waals surface area contributed by atoms with Gasteiger partial charge < -0.3 is 10.5 Å². The third-order valence-corrected chi connectivity index (χ3v) is 2.10. The van der Waals surface area contributed by atoms with Crippen LogP contribution in [0.5, 0.6) is 0 Å². The number of methoxy groups -OCH3 is 1. The third kappa shape index (κ3) is 1.39. The first-order valence-electron chi connectivity index (χ1n) is 4.33. The number of pyridine rings is 1. The molecule has 0 saturated heterocycles. The predicted octanol–water partition coefficient (Wildman–Crippen LogP) is 0.407. The van der Waals surface area contributed by atoms with E-state index in [1.807, 2.05) is 6.92 Å². The Labute approximate surface area is 85.7 Å². The van der Waals surface area contributed by atoms with Gasteiger partial charge in [-0.05, 0) is 19.1 Å². The van der Waals surface area contributed by atoms with Gasteiger partial charge in [0.05, 0.1) is 7.11 Å². The van der Waals surface area contributed by atoms with E-state index in [2.05, 4.69) is 14.8 Å². The summed E-state index contributed by atoms with van der Waals surface area (Å²) in [7, 11) is 1.32. The van der Waals surface area contributed by atoms with E-state index in [1.165, 1.54) is 11.6 Å². The molecule has 0 aliphatic heterocycles. The molecule has 0 fully saturated rings. The summed E-state index contributed by atoms with van der Waals surface area (Å²) in [4.78, 5) is 15.4. The van der Waals surface area contributed by atoms with Crippen molar-refractivity contribution < 1.29 is 9.53 Å². The molecule has 2 heterocycles. The predicted molar refractivity (Wildman–Crippen MR) is 53.5 cm³/mol. The number of anilines is 1. The van der Waals surface area contributed by atoms with Gasteiger partial charge >= 0.3 is 5.97 Å². The van der Waals surface area contributed by atoms with E-state index in [1.54, 1.807) is 12.1 Å². The summed E-state index contributed by atoms with van der Waals surface area (Å²) in [5.41, 5.74) is 7.09. The van der Waals surface area contributed by atoms with Crippen LogP contribution < -0.4 is 5.73 Å². The van der Waals surface area contributed by atoms with Crippen molar-refractivity contribution >= 4 is 17.6 Å². The van der Waals surface area contributed by atoms with Crippen LogP contribution in [0.4, 0.5) is 5.95 Å². The topological polar surface area (TPSA) is 82.5 Å². The molecule has 2 aromatic rings. The smallest absolute Gasteiger partial charge is 0.341 e. The summed E-state index contributed by atoms with van der Waals surface area (Å²) >= 11 is 0. The summed E-state index contributed by atoms with van der Waals surface area (Å²) in [6, 6.07) is 3.40. The third-order valence-electron chi connectivity index (χ3n) is 2.10. The Bertz CT molecular complexity index is 532. The average molecular weight is 206 g/mol. The van der Waals surface area contributed by atoms with E-state index >= 15 is 0 Å². The minimum absolute atomic E-state index is 0.134. The lowest BCUT2D eigenvalue weighted by Crippen LogP contribution is -2.06. The highest BCUT2D eigenvalue weighted by atomic mass is 16.5. The van der Waals surface area contributed by atoms with Crippen molar-refractivity contribution in [3.05, 3.63) is 23.4 Å². The normalized spacial score (nSPS) is 10.5. The minimum Gasteiger partial charge on any atom is -0.465 e. The number of ether oxygens (including phenoxy) is 1. The largest absolute Gasteiger partial charge is 0.465 e. The molecule has 2 rings (SSSR count). The number of aromatic nitrogens is 3. The van der Waals surface area contributed by atoms with E-state index < -0.39 is 5.97 Å². The molecule has 78 valence electrons. The van der Waals surface area contributed by atoms with Gasteiger partial charge in [0.2, 0.25) is 5.95 Å². The van der Waals surface area contributed by atoms with Crippen LogP contribution in [0.2, 0.25) is 0 Å². The van der Waals surface area contributed by atoms with Crippen molar-refractivity contribution in [2.24, 2.45) is 0 Å². The summed E-state index contributed by atoms with van der Waals surface area (Å²) in [5, 5.41) is 3.97. The molecule has 2 aromatic heterocycles. The van der Waals surface area contributed by atoms with Crippen LogP contribution in [-0.4, -0.2) is 27.7 Å². The Balaban J connectivity index is 2.76. The summed E-state index contributed by atoms with van der Waals surface area (Å²) in [6.07, 6.45) is 0. The molecule has 0 amide bonds. The summed E-state index contributed by atoms with van der Waals surface area (Å²) in [5.74, 6) is -0.318. The number of aryl methyl sites for hydroxylation is 1. The van der Waals surface area contributed by atoms with Gasteiger partial charge in [-0.15, -0.1) is 5.10 Å². The SMILES string of the molecule is COC(=O)c1ccc(C)n2nc(N)nc12. The average Bonchev–Trinajstić information content (AvgIpc) is 2.60. The van der Waals surface area contributed by atoms with Crippen LogP contribution in [0.25, 0.3) is 5.65 Å². The van der Waals surface area contributed by atoms with Crippen molar-refractivity contribution in [2.45, 2.75) is 6.92 Å². The Morgan fingerprint density at radius 1 is 1.53 bits per heavy atom. The highest BCUT2D eigenvalue weighted by molar-refractivity contribution is 5.95. The van der Waals surface area contributed by atoms with Crippen molar-refractivity contribution in [3.63, 3.8) is 0 Å². The van der Waals surface area contributed by atoms with E-state index in [-0.39, 0.29) is 5.95 Å². The monoisotopic (exact) mass is 206 g/mol. The molecular formula is C9H10N4O2. The highest BCUT2D eigenvalue weighted by Crippen LogP contribution is 2.13. The number of nitrogens with two attached hydrogens (primary N) is 1. The number of hydrogen-bond acceptors (Lipinski definition) is 5. The van der Waals surface area contributed by atoms with Gasteiger partial charge in [-0.25, -0.2) is 9.31 Å².